The van der Waals surface area contributed by atoms with Crippen molar-refractivity contribution in [1.29, 1.82) is 5.26 Å². The van der Waals surface area contributed by atoms with E-state index in [0.29, 0.717) is 35.1 Å². The zero-order valence-electron chi connectivity index (χ0n) is 18.2. The van der Waals surface area contributed by atoms with Crippen molar-refractivity contribution in [3.05, 3.63) is 41.5 Å². The fourth-order valence-electron chi connectivity index (χ4n) is 2.92. The average Bonchev–Trinajstić information content (AvgIpc) is 2.78. The van der Waals surface area contributed by atoms with Crippen LogP contribution >= 0.6 is 11.9 Å². The Morgan fingerprint density at radius 3 is 2.74 bits per heavy atom. The standard InChI is InChI=1S/C22H30N6O2S/c1-4-10-24-21-16(15-23)6-9-20(25-21)26-22(30)18-8-7-17(27-31-13-12-29)14-19(18)28(3)11-5-2/h6-9,14,27,29H,4-5,10-13H2,1-3H3,(H2,24,25,26,30). The third-order valence-corrected chi connectivity index (χ3v) is 5.16. The maximum absolute atomic E-state index is 13.1. The molecule has 0 unspecified atom stereocenters. The predicted molar refractivity (Wildman–Crippen MR) is 129 cm³/mol. The van der Waals surface area contributed by atoms with E-state index in [0.717, 1.165) is 30.8 Å². The quantitative estimate of drug-likeness (QED) is 0.289. The number of carbonyl (C=O) groups excluding carboxylic acids is 1. The van der Waals surface area contributed by atoms with E-state index in [4.69, 9.17) is 5.11 Å². The number of amides is 1. The van der Waals surface area contributed by atoms with E-state index in [1.807, 2.05) is 31.0 Å². The van der Waals surface area contributed by atoms with Crippen LogP contribution in [0.15, 0.2) is 30.3 Å². The largest absolute Gasteiger partial charge is 0.395 e. The lowest BCUT2D eigenvalue weighted by molar-refractivity contribution is 0.102. The number of aliphatic hydroxyl groups excluding tert-OH is 1. The Balaban J connectivity index is 2.28. The molecule has 2 aromatic rings. The van der Waals surface area contributed by atoms with Crippen molar-refractivity contribution in [2.45, 2.75) is 26.7 Å². The summed E-state index contributed by atoms with van der Waals surface area (Å²) in [7, 11) is 1.95. The second-order valence-electron chi connectivity index (χ2n) is 6.91. The Kier molecular flexibility index (Phi) is 9.94. The number of rotatable bonds is 12. The lowest BCUT2D eigenvalue weighted by Crippen LogP contribution is -2.23. The Hall–Kier alpha value is -2.96. The first-order valence-corrected chi connectivity index (χ1v) is 11.3. The van der Waals surface area contributed by atoms with Gasteiger partial charge < -0.3 is 25.4 Å². The summed E-state index contributed by atoms with van der Waals surface area (Å²) in [5.74, 6) is 1.14. The number of aliphatic hydroxyl groups is 1. The molecule has 1 aromatic heterocycles. The lowest BCUT2D eigenvalue weighted by Gasteiger charge is -2.22. The fraction of sp³-hybridized carbons (Fsp3) is 0.409. The van der Waals surface area contributed by atoms with Gasteiger partial charge in [-0.1, -0.05) is 25.8 Å². The lowest BCUT2D eigenvalue weighted by atomic mass is 10.1. The Morgan fingerprint density at radius 1 is 1.26 bits per heavy atom. The summed E-state index contributed by atoms with van der Waals surface area (Å²) >= 11 is 1.41. The van der Waals surface area contributed by atoms with Crippen LogP contribution in [0.25, 0.3) is 0 Å². The molecular weight excluding hydrogens is 412 g/mol. The first-order valence-electron chi connectivity index (χ1n) is 10.3. The van der Waals surface area contributed by atoms with Gasteiger partial charge in [-0.25, -0.2) is 4.98 Å². The highest BCUT2D eigenvalue weighted by atomic mass is 32.2. The van der Waals surface area contributed by atoms with Crippen LogP contribution in [0.3, 0.4) is 0 Å². The number of pyridine rings is 1. The third kappa shape index (κ3) is 7.05. The maximum atomic E-state index is 13.1. The molecule has 0 saturated heterocycles. The van der Waals surface area contributed by atoms with Gasteiger partial charge in [-0.2, -0.15) is 5.26 Å². The molecule has 8 nitrogen and oxygen atoms in total. The summed E-state index contributed by atoms with van der Waals surface area (Å²) in [5, 5.41) is 24.2. The van der Waals surface area contributed by atoms with Crippen LogP contribution in [0, 0.1) is 11.3 Å². The molecule has 1 amide bonds. The van der Waals surface area contributed by atoms with Gasteiger partial charge >= 0.3 is 0 Å². The molecule has 166 valence electrons. The van der Waals surface area contributed by atoms with E-state index >= 15 is 0 Å². The molecular formula is C22H30N6O2S. The first-order chi connectivity index (χ1) is 15.0. The number of anilines is 4. The number of hydrogen-bond acceptors (Lipinski definition) is 8. The van der Waals surface area contributed by atoms with Gasteiger partial charge in [0.1, 0.15) is 17.7 Å². The molecule has 0 spiro atoms. The molecule has 2 rings (SSSR count). The zero-order valence-corrected chi connectivity index (χ0v) is 19.1. The molecule has 0 aliphatic carbocycles. The predicted octanol–water partition coefficient (Wildman–Crippen LogP) is 3.93. The molecule has 0 aliphatic rings. The van der Waals surface area contributed by atoms with Crippen molar-refractivity contribution in [1.82, 2.24) is 4.98 Å². The van der Waals surface area contributed by atoms with Gasteiger partial charge in [0.2, 0.25) is 0 Å². The Bertz CT molecular complexity index is 915. The molecule has 0 aliphatic heterocycles. The van der Waals surface area contributed by atoms with Gasteiger partial charge in [-0.3, -0.25) is 4.79 Å². The number of nitriles is 1. The van der Waals surface area contributed by atoms with E-state index in [1.165, 1.54) is 11.9 Å². The highest BCUT2D eigenvalue weighted by molar-refractivity contribution is 8.00. The summed E-state index contributed by atoms with van der Waals surface area (Å²) in [6, 6.07) is 10.9. The molecule has 31 heavy (non-hydrogen) atoms. The van der Waals surface area contributed by atoms with Crippen LogP contribution in [0.5, 0.6) is 0 Å². The smallest absolute Gasteiger partial charge is 0.258 e. The first kappa shape index (κ1) is 24.3. The van der Waals surface area contributed by atoms with E-state index in [9.17, 15) is 10.1 Å². The minimum atomic E-state index is -0.272. The second kappa shape index (κ2) is 12.7. The molecule has 4 N–H and O–H groups in total. The zero-order chi connectivity index (χ0) is 22.6. The third-order valence-electron chi connectivity index (χ3n) is 4.40. The molecule has 0 fully saturated rings. The Morgan fingerprint density at radius 2 is 2.06 bits per heavy atom. The monoisotopic (exact) mass is 442 g/mol. The van der Waals surface area contributed by atoms with Crippen LogP contribution in [0.4, 0.5) is 23.0 Å². The van der Waals surface area contributed by atoms with Crippen LogP contribution < -0.4 is 20.3 Å². The van der Waals surface area contributed by atoms with Crippen molar-refractivity contribution in [2.75, 3.05) is 52.8 Å². The van der Waals surface area contributed by atoms with Crippen LogP contribution in [-0.2, 0) is 0 Å². The number of hydrogen-bond donors (Lipinski definition) is 4. The van der Waals surface area contributed by atoms with Gasteiger partial charge in [0.15, 0.2) is 0 Å². The van der Waals surface area contributed by atoms with Crippen molar-refractivity contribution < 1.29 is 9.90 Å². The van der Waals surface area contributed by atoms with E-state index in [2.05, 4.69) is 33.3 Å². The van der Waals surface area contributed by atoms with E-state index in [1.54, 1.807) is 18.2 Å². The van der Waals surface area contributed by atoms with Crippen molar-refractivity contribution in [2.24, 2.45) is 0 Å². The highest BCUT2D eigenvalue weighted by Gasteiger charge is 2.17. The number of nitrogens with zero attached hydrogens (tertiary/aromatic N) is 3. The molecule has 0 saturated carbocycles. The molecule has 1 heterocycles. The normalized spacial score (nSPS) is 10.3. The summed E-state index contributed by atoms with van der Waals surface area (Å²) in [4.78, 5) is 19.5. The topological polar surface area (TPSA) is 113 Å². The van der Waals surface area contributed by atoms with Gasteiger partial charge in [0.05, 0.1) is 23.4 Å². The fourth-order valence-corrected chi connectivity index (χ4v) is 3.41. The van der Waals surface area contributed by atoms with E-state index in [-0.39, 0.29) is 12.5 Å². The number of aromatic nitrogens is 1. The minimum Gasteiger partial charge on any atom is -0.395 e. The number of carbonyl (C=O) groups is 1. The molecule has 1 aromatic carbocycles. The van der Waals surface area contributed by atoms with Crippen molar-refractivity contribution >= 4 is 40.9 Å². The molecule has 0 atom stereocenters. The summed E-state index contributed by atoms with van der Waals surface area (Å²) < 4.78 is 3.19. The summed E-state index contributed by atoms with van der Waals surface area (Å²) in [6.07, 6.45) is 1.84. The second-order valence-corrected chi connectivity index (χ2v) is 7.81. The SMILES string of the molecule is CCCNc1nc(NC(=O)c2ccc(NSCCO)cc2N(C)CCC)ccc1C#N. The van der Waals surface area contributed by atoms with Crippen LogP contribution in [-0.4, -0.2) is 48.5 Å². The van der Waals surface area contributed by atoms with Gasteiger partial charge in [0.25, 0.3) is 5.91 Å². The van der Waals surface area contributed by atoms with E-state index < -0.39 is 0 Å². The summed E-state index contributed by atoms with van der Waals surface area (Å²) in [6.45, 7) is 5.69. The van der Waals surface area contributed by atoms with Crippen LogP contribution in [0.2, 0.25) is 0 Å². The molecule has 9 heteroatoms. The minimum absolute atomic E-state index is 0.0907. The highest BCUT2D eigenvalue weighted by Crippen LogP contribution is 2.27. The summed E-state index contributed by atoms with van der Waals surface area (Å²) in [5.41, 5.74) is 2.62. The van der Waals surface area contributed by atoms with Gasteiger partial charge in [0, 0.05) is 31.6 Å². The maximum Gasteiger partial charge on any atom is 0.258 e. The van der Waals surface area contributed by atoms with Gasteiger partial charge in [-0.15, -0.1) is 0 Å². The number of nitrogens with one attached hydrogen (secondary N) is 3. The Labute approximate surface area is 188 Å². The van der Waals surface area contributed by atoms with Crippen molar-refractivity contribution in [3.63, 3.8) is 0 Å². The number of benzene rings is 1. The van der Waals surface area contributed by atoms with Crippen molar-refractivity contribution in [3.8, 4) is 6.07 Å². The van der Waals surface area contributed by atoms with Gasteiger partial charge in [-0.05, 0) is 43.2 Å². The molecule has 0 radical (unpaired) electrons. The molecule has 0 bridgehead atoms. The average molecular weight is 443 g/mol. The van der Waals surface area contributed by atoms with Crippen LogP contribution in [0.1, 0.15) is 42.6 Å².